The molecule has 0 bridgehead atoms. The van der Waals surface area contributed by atoms with Gasteiger partial charge >= 0.3 is 0 Å². The summed E-state index contributed by atoms with van der Waals surface area (Å²) in [5.74, 6) is 0.0568. The van der Waals surface area contributed by atoms with Crippen molar-refractivity contribution in [2.45, 2.75) is 13.8 Å². The molecule has 0 saturated carbocycles. The van der Waals surface area contributed by atoms with E-state index in [1.165, 1.54) is 12.1 Å². The Morgan fingerprint density at radius 1 is 1.28 bits per heavy atom. The second kappa shape index (κ2) is 5.87. The Morgan fingerprint density at radius 3 is 2.33 bits per heavy atom. The first-order valence-corrected chi connectivity index (χ1v) is 6.02. The third kappa shape index (κ3) is 4.75. The number of amides is 1. The van der Waals surface area contributed by atoms with Crippen molar-refractivity contribution in [3.63, 3.8) is 0 Å². The van der Waals surface area contributed by atoms with Gasteiger partial charge in [0, 0.05) is 18.7 Å². The maximum absolute atomic E-state index is 11.9. The van der Waals surface area contributed by atoms with Gasteiger partial charge in [-0.15, -0.1) is 0 Å². The lowest BCUT2D eigenvalue weighted by Crippen LogP contribution is -2.39. The minimum Gasteiger partial charge on any atom is -0.508 e. The predicted molar refractivity (Wildman–Crippen MR) is 72.8 cm³/mol. The van der Waals surface area contributed by atoms with Crippen LogP contribution >= 0.6 is 0 Å². The number of aromatic hydroxyl groups is 1. The Bertz CT molecular complexity index is 397. The largest absolute Gasteiger partial charge is 0.508 e. The highest BCUT2D eigenvalue weighted by Crippen LogP contribution is 2.15. The van der Waals surface area contributed by atoms with Crippen molar-refractivity contribution in [3.05, 3.63) is 29.8 Å². The van der Waals surface area contributed by atoms with Gasteiger partial charge in [-0.05, 0) is 43.8 Å². The molecule has 0 saturated heterocycles. The summed E-state index contributed by atoms with van der Waals surface area (Å²) in [6.45, 7) is 5.75. The smallest absolute Gasteiger partial charge is 0.251 e. The van der Waals surface area contributed by atoms with Crippen LogP contribution in [0, 0.1) is 5.41 Å². The van der Waals surface area contributed by atoms with E-state index in [1.807, 2.05) is 14.1 Å². The molecule has 0 radical (unpaired) electrons. The van der Waals surface area contributed by atoms with Crippen LogP contribution in [-0.4, -0.2) is 43.1 Å². The minimum atomic E-state index is -0.109. The monoisotopic (exact) mass is 250 g/mol. The molecule has 0 aliphatic carbocycles. The fraction of sp³-hybridized carbons (Fsp3) is 0.500. The minimum absolute atomic E-state index is 0.0239. The van der Waals surface area contributed by atoms with Crippen LogP contribution in [0.1, 0.15) is 24.2 Å². The zero-order valence-electron chi connectivity index (χ0n) is 11.5. The van der Waals surface area contributed by atoms with Crippen molar-refractivity contribution >= 4 is 5.91 Å². The summed E-state index contributed by atoms with van der Waals surface area (Å²) in [4.78, 5) is 14.0. The van der Waals surface area contributed by atoms with Crippen LogP contribution in [0.15, 0.2) is 24.3 Å². The number of rotatable bonds is 5. The standard InChI is InChI=1S/C14H22N2O2/c1-14(2,10-16(3)4)9-15-13(18)11-5-7-12(17)8-6-11/h5-8,17H,9-10H2,1-4H3,(H,15,18). The van der Waals surface area contributed by atoms with Crippen molar-refractivity contribution < 1.29 is 9.90 Å². The number of hydrogen-bond donors (Lipinski definition) is 2. The van der Waals surface area contributed by atoms with Crippen LogP contribution in [0.4, 0.5) is 0 Å². The first-order chi connectivity index (χ1) is 8.30. The lowest BCUT2D eigenvalue weighted by atomic mass is 9.93. The molecule has 0 fully saturated rings. The van der Waals surface area contributed by atoms with Gasteiger partial charge in [0.1, 0.15) is 5.75 Å². The predicted octanol–water partition coefficient (Wildman–Crippen LogP) is 1.71. The third-order valence-electron chi connectivity index (χ3n) is 2.60. The van der Waals surface area contributed by atoms with E-state index in [0.29, 0.717) is 12.1 Å². The molecule has 18 heavy (non-hydrogen) atoms. The van der Waals surface area contributed by atoms with Crippen molar-refractivity contribution in [1.82, 2.24) is 10.2 Å². The quantitative estimate of drug-likeness (QED) is 0.836. The number of benzene rings is 1. The molecular formula is C14H22N2O2. The molecule has 0 heterocycles. The Balaban J connectivity index is 2.53. The van der Waals surface area contributed by atoms with Crippen molar-refractivity contribution in [2.75, 3.05) is 27.2 Å². The normalized spacial score (nSPS) is 11.6. The summed E-state index contributed by atoms with van der Waals surface area (Å²) in [7, 11) is 4.03. The van der Waals surface area contributed by atoms with E-state index >= 15 is 0 Å². The van der Waals surface area contributed by atoms with E-state index in [1.54, 1.807) is 12.1 Å². The van der Waals surface area contributed by atoms with Crippen molar-refractivity contribution in [3.8, 4) is 5.75 Å². The fourth-order valence-corrected chi connectivity index (χ4v) is 1.95. The lowest BCUT2D eigenvalue weighted by molar-refractivity contribution is 0.0929. The van der Waals surface area contributed by atoms with Gasteiger partial charge in [0.15, 0.2) is 0 Å². The summed E-state index contributed by atoms with van der Waals surface area (Å²) >= 11 is 0. The van der Waals surface area contributed by atoms with Gasteiger partial charge in [-0.1, -0.05) is 13.8 Å². The number of phenols is 1. The highest BCUT2D eigenvalue weighted by atomic mass is 16.3. The number of phenolic OH excluding ortho intramolecular Hbond substituents is 1. The van der Waals surface area contributed by atoms with E-state index < -0.39 is 0 Å². The number of nitrogens with one attached hydrogen (secondary N) is 1. The Hall–Kier alpha value is -1.55. The van der Waals surface area contributed by atoms with Crippen molar-refractivity contribution in [2.24, 2.45) is 5.41 Å². The molecule has 4 heteroatoms. The van der Waals surface area contributed by atoms with Gasteiger partial charge in [0.05, 0.1) is 0 Å². The Kier molecular flexibility index (Phi) is 4.73. The molecular weight excluding hydrogens is 228 g/mol. The second-order valence-electron chi connectivity index (χ2n) is 5.63. The van der Waals surface area contributed by atoms with E-state index in [0.717, 1.165) is 6.54 Å². The molecule has 100 valence electrons. The van der Waals surface area contributed by atoms with Gasteiger partial charge < -0.3 is 15.3 Å². The summed E-state index contributed by atoms with van der Waals surface area (Å²) in [5, 5.41) is 12.1. The molecule has 1 rings (SSSR count). The molecule has 4 nitrogen and oxygen atoms in total. The highest BCUT2D eigenvalue weighted by Gasteiger charge is 2.20. The highest BCUT2D eigenvalue weighted by molar-refractivity contribution is 5.94. The third-order valence-corrected chi connectivity index (χ3v) is 2.60. The Morgan fingerprint density at radius 2 is 1.83 bits per heavy atom. The summed E-state index contributed by atoms with van der Waals surface area (Å²) in [6, 6.07) is 6.26. The molecule has 0 aromatic heterocycles. The van der Waals surface area contributed by atoms with E-state index in [9.17, 15) is 4.79 Å². The van der Waals surface area contributed by atoms with Gasteiger partial charge in [0.25, 0.3) is 5.91 Å². The molecule has 0 unspecified atom stereocenters. The maximum Gasteiger partial charge on any atom is 0.251 e. The van der Waals surface area contributed by atoms with Gasteiger partial charge in [-0.3, -0.25) is 4.79 Å². The van der Waals surface area contributed by atoms with Crippen LogP contribution in [-0.2, 0) is 0 Å². The molecule has 0 spiro atoms. The molecule has 1 aromatic carbocycles. The van der Waals surface area contributed by atoms with Gasteiger partial charge in [0.2, 0.25) is 0 Å². The molecule has 0 atom stereocenters. The summed E-state index contributed by atoms with van der Waals surface area (Å²) < 4.78 is 0. The van der Waals surface area contributed by atoms with Crippen LogP contribution in [0.3, 0.4) is 0 Å². The molecule has 1 amide bonds. The topological polar surface area (TPSA) is 52.6 Å². The maximum atomic E-state index is 11.9. The molecule has 0 aliphatic rings. The SMILES string of the molecule is CN(C)CC(C)(C)CNC(=O)c1ccc(O)cc1. The zero-order valence-corrected chi connectivity index (χ0v) is 11.5. The number of hydrogen-bond acceptors (Lipinski definition) is 3. The van der Waals surface area contributed by atoms with Crippen LogP contribution in [0.2, 0.25) is 0 Å². The van der Waals surface area contributed by atoms with Crippen LogP contribution < -0.4 is 5.32 Å². The number of carbonyl (C=O) groups excluding carboxylic acids is 1. The van der Waals surface area contributed by atoms with Gasteiger partial charge in [-0.25, -0.2) is 0 Å². The second-order valence-corrected chi connectivity index (χ2v) is 5.63. The zero-order chi connectivity index (χ0) is 13.8. The fourth-order valence-electron chi connectivity index (χ4n) is 1.95. The first-order valence-electron chi connectivity index (χ1n) is 6.02. The van der Waals surface area contributed by atoms with E-state index in [4.69, 9.17) is 5.11 Å². The Labute approximate surface area is 109 Å². The van der Waals surface area contributed by atoms with Crippen LogP contribution in [0.5, 0.6) is 5.75 Å². The summed E-state index contributed by atoms with van der Waals surface area (Å²) in [6.07, 6.45) is 0. The summed E-state index contributed by atoms with van der Waals surface area (Å²) in [5.41, 5.74) is 0.587. The average molecular weight is 250 g/mol. The average Bonchev–Trinajstić information content (AvgIpc) is 2.25. The molecule has 1 aromatic rings. The molecule has 0 aliphatic heterocycles. The first kappa shape index (κ1) is 14.5. The molecule has 2 N–H and O–H groups in total. The van der Waals surface area contributed by atoms with Gasteiger partial charge in [-0.2, -0.15) is 0 Å². The van der Waals surface area contributed by atoms with Crippen molar-refractivity contribution in [1.29, 1.82) is 0 Å². The van der Waals surface area contributed by atoms with E-state index in [2.05, 4.69) is 24.1 Å². The van der Waals surface area contributed by atoms with E-state index in [-0.39, 0.29) is 17.1 Å². The lowest BCUT2D eigenvalue weighted by Gasteiger charge is -2.28. The number of nitrogens with zero attached hydrogens (tertiary/aromatic N) is 1. The van der Waals surface area contributed by atoms with Crippen LogP contribution in [0.25, 0.3) is 0 Å². The number of carbonyl (C=O) groups is 1.